The first-order valence-corrected chi connectivity index (χ1v) is 22.4. The molecule has 0 aliphatic rings. The highest BCUT2D eigenvalue weighted by atomic mass is 16.3. The standard InChI is InChI=1S/C62H37N5O2/c1-5-22-53-46(14-1)47-15-2-6-23-54(47)67(53)55-24-7-3-17-51(55)62-65-60(40-28-26-38(27-29-40)39-32-34-63-35-33-39)64-61(66-62)43-13-9-12-41(36-43)44-18-11-21-50-52-37-42(30-31-57(52)69-59(44)50)45-19-10-20-49-48-16-4-8-25-56(48)68-58(45)49/h1-37H/i1D,2D,5D,14D,15D,22D,23D. The van der Waals surface area contributed by atoms with Gasteiger partial charge in [0, 0.05) is 72.5 Å². The molecule has 14 aromatic rings. The van der Waals surface area contributed by atoms with Crippen molar-refractivity contribution < 1.29 is 18.4 Å². The SMILES string of the molecule is [2H]c1cc([2H])c2c(c1[2H])c1c([2H])c([2H])c([2H])c([2H])c1n2-c1ccccc1-c1nc(-c2ccc(-c3ccncc3)cc2)nc(-c2cccc(-c3cccc4c3oc3ccc(-c5cccc6c5oc5ccccc56)cc34)c2)n1. The molecule has 0 saturated heterocycles. The maximum absolute atomic E-state index is 9.22. The van der Waals surface area contributed by atoms with Gasteiger partial charge in [-0.1, -0.05) is 152 Å². The monoisotopic (exact) mass is 890 g/mol. The average Bonchev–Trinajstić information content (AvgIpc) is 4.30. The van der Waals surface area contributed by atoms with Crippen molar-refractivity contribution >= 4 is 65.7 Å². The quantitative estimate of drug-likeness (QED) is 0.158. The largest absolute Gasteiger partial charge is 0.455 e. The van der Waals surface area contributed by atoms with E-state index in [4.69, 9.17) is 30.6 Å². The van der Waals surface area contributed by atoms with E-state index in [9.17, 15) is 2.74 Å². The maximum atomic E-state index is 9.22. The second-order valence-electron chi connectivity index (χ2n) is 16.8. The molecule has 0 fully saturated rings. The molecule has 322 valence electrons. The zero-order chi connectivity index (χ0) is 51.5. The molecule has 0 aliphatic heterocycles. The number of rotatable bonds is 7. The summed E-state index contributed by atoms with van der Waals surface area (Å²) in [6.07, 6.45) is 3.50. The lowest BCUT2D eigenvalue weighted by Gasteiger charge is -2.15. The fraction of sp³-hybridized carbons (Fsp3) is 0. The molecular formula is C62H37N5O2. The van der Waals surface area contributed by atoms with E-state index in [1.54, 1.807) is 29.1 Å². The Bertz CT molecular complexity index is 4740. The molecule has 0 saturated carbocycles. The number of benzene rings is 9. The normalized spacial score (nSPS) is 13.2. The van der Waals surface area contributed by atoms with Crippen molar-refractivity contribution in [3.8, 4) is 73.2 Å². The third-order valence-electron chi connectivity index (χ3n) is 12.9. The van der Waals surface area contributed by atoms with E-state index in [0.717, 1.165) is 77.3 Å². The number of hydrogen-bond acceptors (Lipinski definition) is 6. The van der Waals surface area contributed by atoms with Crippen LogP contribution >= 0.6 is 0 Å². The van der Waals surface area contributed by atoms with Crippen LogP contribution in [0.25, 0.3) is 139 Å². The van der Waals surface area contributed by atoms with Crippen LogP contribution in [-0.2, 0) is 0 Å². The van der Waals surface area contributed by atoms with Crippen LogP contribution in [0.4, 0.5) is 0 Å². The van der Waals surface area contributed by atoms with Gasteiger partial charge in [-0.05, 0) is 82.9 Å². The van der Waals surface area contributed by atoms with Crippen LogP contribution in [0, 0.1) is 0 Å². The van der Waals surface area contributed by atoms with Crippen LogP contribution in [0.15, 0.2) is 233 Å². The van der Waals surface area contributed by atoms with Crippen molar-refractivity contribution in [3.63, 3.8) is 0 Å². The number of nitrogens with zero attached hydrogens (tertiary/aromatic N) is 5. The second kappa shape index (κ2) is 15.6. The van der Waals surface area contributed by atoms with Gasteiger partial charge in [-0.2, -0.15) is 0 Å². The smallest absolute Gasteiger partial charge is 0.166 e. The molecule has 0 amide bonds. The van der Waals surface area contributed by atoms with Gasteiger partial charge in [0.1, 0.15) is 22.3 Å². The van der Waals surface area contributed by atoms with Crippen molar-refractivity contribution in [3.05, 3.63) is 225 Å². The van der Waals surface area contributed by atoms with Crippen molar-refractivity contribution in [1.29, 1.82) is 0 Å². The molecule has 0 N–H and O–H groups in total. The third-order valence-corrected chi connectivity index (χ3v) is 12.9. The molecule has 0 unspecified atom stereocenters. The Kier molecular flexibility index (Phi) is 7.28. The summed E-state index contributed by atoms with van der Waals surface area (Å²) < 4.78 is 77.1. The van der Waals surface area contributed by atoms with Crippen molar-refractivity contribution in [2.75, 3.05) is 0 Å². The summed E-state index contributed by atoms with van der Waals surface area (Å²) in [7, 11) is 0. The summed E-state index contributed by atoms with van der Waals surface area (Å²) in [6, 6.07) is 52.7. The lowest BCUT2D eigenvalue weighted by molar-refractivity contribution is 0.669. The van der Waals surface area contributed by atoms with Gasteiger partial charge in [0.25, 0.3) is 0 Å². The first-order valence-electron chi connectivity index (χ1n) is 25.9. The Morgan fingerprint density at radius 3 is 1.75 bits per heavy atom. The van der Waals surface area contributed by atoms with Crippen LogP contribution in [0.3, 0.4) is 0 Å². The minimum Gasteiger partial charge on any atom is -0.455 e. The molecule has 0 aliphatic carbocycles. The molecular weight excluding hydrogens is 847 g/mol. The lowest BCUT2D eigenvalue weighted by Crippen LogP contribution is -2.03. The number of aromatic nitrogens is 5. The summed E-state index contributed by atoms with van der Waals surface area (Å²) in [5.74, 6) is 0.972. The van der Waals surface area contributed by atoms with Gasteiger partial charge < -0.3 is 13.4 Å². The van der Waals surface area contributed by atoms with Crippen molar-refractivity contribution in [2.24, 2.45) is 0 Å². The number of hydrogen-bond donors (Lipinski definition) is 0. The van der Waals surface area contributed by atoms with Gasteiger partial charge in [-0.25, -0.2) is 15.0 Å². The number of fused-ring (bicyclic) bond motifs is 9. The molecule has 14 rings (SSSR count). The van der Waals surface area contributed by atoms with E-state index in [1.807, 2.05) is 109 Å². The Hall–Kier alpha value is -9.46. The van der Waals surface area contributed by atoms with Gasteiger partial charge in [0.2, 0.25) is 0 Å². The van der Waals surface area contributed by atoms with Gasteiger partial charge in [-0.15, -0.1) is 0 Å². The topological polar surface area (TPSA) is 82.8 Å². The summed E-state index contributed by atoms with van der Waals surface area (Å²) >= 11 is 0. The zero-order valence-corrected chi connectivity index (χ0v) is 36.4. The fourth-order valence-corrected chi connectivity index (χ4v) is 9.67. The van der Waals surface area contributed by atoms with Gasteiger partial charge >= 0.3 is 0 Å². The first kappa shape index (κ1) is 32.3. The number of pyridine rings is 1. The molecule has 0 radical (unpaired) electrons. The summed E-state index contributed by atoms with van der Waals surface area (Å²) in [6.45, 7) is 0. The second-order valence-corrected chi connectivity index (χ2v) is 16.8. The molecule has 0 bridgehead atoms. The zero-order valence-electron chi connectivity index (χ0n) is 43.4. The summed E-state index contributed by atoms with van der Waals surface area (Å²) in [4.78, 5) is 19.6. The predicted molar refractivity (Wildman–Crippen MR) is 279 cm³/mol. The Morgan fingerprint density at radius 2 is 0.928 bits per heavy atom. The van der Waals surface area contributed by atoms with Crippen LogP contribution in [0.5, 0.6) is 0 Å². The van der Waals surface area contributed by atoms with E-state index in [1.165, 1.54) is 6.07 Å². The highest BCUT2D eigenvalue weighted by molar-refractivity contribution is 6.13. The molecule has 5 heterocycles. The summed E-state index contributed by atoms with van der Waals surface area (Å²) in [5.41, 5.74) is 11.3. The molecule has 0 atom stereocenters. The van der Waals surface area contributed by atoms with Crippen LogP contribution < -0.4 is 0 Å². The number of para-hydroxylation sites is 6. The molecule has 5 aromatic heterocycles. The van der Waals surface area contributed by atoms with Crippen LogP contribution in [0.1, 0.15) is 9.60 Å². The van der Waals surface area contributed by atoms with E-state index in [2.05, 4.69) is 47.4 Å². The molecule has 7 nitrogen and oxygen atoms in total. The van der Waals surface area contributed by atoms with Gasteiger partial charge in [0.15, 0.2) is 17.5 Å². The maximum Gasteiger partial charge on any atom is 0.166 e. The van der Waals surface area contributed by atoms with E-state index >= 15 is 0 Å². The van der Waals surface area contributed by atoms with E-state index in [-0.39, 0.29) is 57.8 Å². The Morgan fingerprint density at radius 1 is 0.362 bits per heavy atom. The first-order chi connectivity index (χ1) is 37.1. The van der Waals surface area contributed by atoms with Crippen LogP contribution in [-0.4, -0.2) is 24.5 Å². The average molecular weight is 891 g/mol. The molecule has 69 heavy (non-hydrogen) atoms. The predicted octanol–water partition coefficient (Wildman–Crippen LogP) is 16.2. The van der Waals surface area contributed by atoms with Gasteiger partial charge in [-0.3, -0.25) is 4.98 Å². The van der Waals surface area contributed by atoms with Crippen molar-refractivity contribution in [2.45, 2.75) is 0 Å². The lowest BCUT2D eigenvalue weighted by atomic mass is 9.98. The van der Waals surface area contributed by atoms with E-state index in [0.29, 0.717) is 34.0 Å². The molecule has 7 heteroatoms. The fourth-order valence-electron chi connectivity index (χ4n) is 9.67. The highest BCUT2D eigenvalue weighted by Crippen LogP contribution is 2.42. The Labute approximate surface area is 405 Å². The molecule has 9 aromatic carbocycles. The van der Waals surface area contributed by atoms with E-state index < -0.39 is 12.1 Å². The summed E-state index contributed by atoms with van der Waals surface area (Å²) in [5, 5.41) is 4.18. The van der Waals surface area contributed by atoms with Crippen LogP contribution in [0.2, 0.25) is 0 Å². The number of furan rings is 2. The minimum atomic E-state index is -0.478. The highest BCUT2D eigenvalue weighted by Gasteiger charge is 2.21. The van der Waals surface area contributed by atoms with Crippen molar-refractivity contribution in [1.82, 2.24) is 24.5 Å². The molecule has 0 spiro atoms. The third kappa shape index (κ3) is 6.36. The minimum absolute atomic E-state index is 0.0479. The Balaban J connectivity index is 0.940. The van der Waals surface area contributed by atoms with Gasteiger partial charge in [0.05, 0.1) is 26.3 Å².